The quantitative estimate of drug-likeness (QED) is 0.703. The second kappa shape index (κ2) is 4.42. The molecule has 2 aliphatic heterocycles. The van der Waals surface area contributed by atoms with E-state index in [4.69, 9.17) is 0 Å². The molecule has 2 heterocycles. The monoisotopic (exact) mass is 210 g/mol. The van der Waals surface area contributed by atoms with E-state index in [2.05, 4.69) is 37.5 Å². The predicted molar refractivity (Wildman–Crippen MR) is 65.0 cm³/mol. The SMILES string of the molecule is CC(C)N1CCC(C2CN(C(C)C)C2)C1. The average molecular weight is 210 g/mol. The van der Waals surface area contributed by atoms with E-state index in [0.717, 1.165) is 23.9 Å². The summed E-state index contributed by atoms with van der Waals surface area (Å²) in [6.07, 6.45) is 1.44. The summed E-state index contributed by atoms with van der Waals surface area (Å²) < 4.78 is 0. The Hall–Kier alpha value is -0.0800. The third-order valence-electron chi connectivity index (χ3n) is 4.32. The van der Waals surface area contributed by atoms with Crippen LogP contribution in [-0.2, 0) is 0 Å². The van der Waals surface area contributed by atoms with Gasteiger partial charge < -0.3 is 9.80 Å². The van der Waals surface area contributed by atoms with Gasteiger partial charge in [-0.25, -0.2) is 0 Å². The molecule has 2 aliphatic rings. The van der Waals surface area contributed by atoms with Crippen LogP contribution < -0.4 is 0 Å². The van der Waals surface area contributed by atoms with Crippen molar-refractivity contribution in [2.24, 2.45) is 11.8 Å². The van der Waals surface area contributed by atoms with Crippen LogP contribution in [0.15, 0.2) is 0 Å². The lowest BCUT2D eigenvalue weighted by Gasteiger charge is -2.45. The first-order valence-corrected chi connectivity index (χ1v) is 6.56. The van der Waals surface area contributed by atoms with Gasteiger partial charge in [-0.15, -0.1) is 0 Å². The molecule has 0 spiro atoms. The second-order valence-electron chi connectivity index (χ2n) is 5.95. The maximum atomic E-state index is 2.64. The van der Waals surface area contributed by atoms with Crippen LogP contribution in [0.4, 0.5) is 0 Å². The Morgan fingerprint density at radius 3 is 1.80 bits per heavy atom. The molecule has 0 aromatic rings. The topological polar surface area (TPSA) is 6.48 Å². The highest BCUT2D eigenvalue weighted by Crippen LogP contribution is 2.32. The van der Waals surface area contributed by atoms with E-state index in [1.54, 1.807) is 0 Å². The molecule has 0 saturated carbocycles. The molecule has 0 aromatic heterocycles. The third kappa shape index (κ3) is 2.36. The smallest absolute Gasteiger partial charge is 0.00388 e. The van der Waals surface area contributed by atoms with E-state index in [9.17, 15) is 0 Å². The standard InChI is InChI=1S/C13H26N2/c1-10(2)14-6-5-12(7-14)13-8-15(9-13)11(3)4/h10-13H,5-9H2,1-4H3. The van der Waals surface area contributed by atoms with Gasteiger partial charge in [0.25, 0.3) is 0 Å². The predicted octanol–water partition coefficient (Wildman–Crippen LogP) is 2.06. The zero-order valence-electron chi connectivity index (χ0n) is 10.7. The summed E-state index contributed by atoms with van der Waals surface area (Å²) in [7, 11) is 0. The number of hydrogen-bond donors (Lipinski definition) is 0. The molecule has 0 N–H and O–H groups in total. The zero-order chi connectivity index (χ0) is 11.0. The van der Waals surface area contributed by atoms with Crippen LogP contribution in [0.2, 0.25) is 0 Å². The summed E-state index contributed by atoms with van der Waals surface area (Å²) in [6, 6.07) is 1.50. The van der Waals surface area contributed by atoms with Crippen molar-refractivity contribution >= 4 is 0 Å². The molecule has 1 unspecified atom stereocenters. The molecule has 2 heteroatoms. The van der Waals surface area contributed by atoms with Crippen LogP contribution in [-0.4, -0.2) is 48.1 Å². The number of rotatable bonds is 3. The van der Waals surface area contributed by atoms with Crippen molar-refractivity contribution in [3.05, 3.63) is 0 Å². The van der Waals surface area contributed by atoms with E-state index in [0.29, 0.717) is 0 Å². The fraction of sp³-hybridized carbons (Fsp3) is 1.00. The highest BCUT2D eigenvalue weighted by Gasteiger charge is 2.38. The van der Waals surface area contributed by atoms with Gasteiger partial charge in [-0.05, 0) is 52.5 Å². The summed E-state index contributed by atoms with van der Waals surface area (Å²) in [5.41, 5.74) is 0. The Morgan fingerprint density at radius 1 is 0.800 bits per heavy atom. The fourth-order valence-corrected chi connectivity index (χ4v) is 2.94. The van der Waals surface area contributed by atoms with Crippen LogP contribution >= 0.6 is 0 Å². The second-order valence-corrected chi connectivity index (χ2v) is 5.95. The van der Waals surface area contributed by atoms with Crippen LogP contribution in [0.25, 0.3) is 0 Å². The van der Waals surface area contributed by atoms with Gasteiger partial charge in [0.15, 0.2) is 0 Å². The van der Waals surface area contributed by atoms with Gasteiger partial charge in [-0.2, -0.15) is 0 Å². The minimum Gasteiger partial charge on any atom is -0.301 e. The van der Waals surface area contributed by atoms with Crippen molar-refractivity contribution in [2.45, 2.75) is 46.2 Å². The molecule has 0 aliphatic carbocycles. The lowest BCUT2D eigenvalue weighted by Crippen LogP contribution is -2.53. The first-order chi connectivity index (χ1) is 7.08. The Bertz CT molecular complexity index is 207. The van der Waals surface area contributed by atoms with Crippen LogP contribution in [0.1, 0.15) is 34.1 Å². The first kappa shape index (κ1) is 11.4. The molecule has 2 nitrogen and oxygen atoms in total. The average Bonchev–Trinajstić information content (AvgIpc) is 2.49. The molecule has 2 fully saturated rings. The molecule has 0 amide bonds. The number of likely N-dealkylation sites (tertiary alicyclic amines) is 2. The highest BCUT2D eigenvalue weighted by atomic mass is 15.2. The maximum absolute atomic E-state index is 2.64. The van der Waals surface area contributed by atoms with Gasteiger partial charge >= 0.3 is 0 Å². The Labute approximate surface area is 94.6 Å². The van der Waals surface area contributed by atoms with Crippen molar-refractivity contribution in [1.82, 2.24) is 9.80 Å². The van der Waals surface area contributed by atoms with Crippen molar-refractivity contribution in [3.63, 3.8) is 0 Å². The lowest BCUT2D eigenvalue weighted by atomic mass is 9.84. The van der Waals surface area contributed by atoms with E-state index in [-0.39, 0.29) is 0 Å². The van der Waals surface area contributed by atoms with Gasteiger partial charge in [0, 0.05) is 31.7 Å². The van der Waals surface area contributed by atoms with Crippen LogP contribution in [0.3, 0.4) is 0 Å². The van der Waals surface area contributed by atoms with E-state index >= 15 is 0 Å². The molecular weight excluding hydrogens is 184 g/mol. The molecule has 0 radical (unpaired) electrons. The summed E-state index contributed by atoms with van der Waals surface area (Å²) in [5.74, 6) is 1.98. The van der Waals surface area contributed by atoms with E-state index in [1.165, 1.54) is 32.6 Å². The van der Waals surface area contributed by atoms with Gasteiger partial charge in [-0.3, -0.25) is 0 Å². The molecule has 2 saturated heterocycles. The highest BCUT2D eigenvalue weighted by molar-refractivity contribution is 4.91. The van der Waals surface area contributed by atoms with Crippen molar-refractivity contribution in [3.8, 4) is 0 Å². The van der Waals surface area contributed by atoms with Gasteiger partial charge in [0.05, 0.1) is 0 Å². The molecule has 15 heavy (non-hydrogen) atoms. The Balaban J connectivity index is 1.74. The summed E-state index contributed by atoms with van der Waals surface area (Å²) in [4.78, 5) is 5.24. The number of hydrogen-bond acceptors (Lipinski definition) is 2. The summed E-state index contributed by atoms with van der Waals surface area (Å²) in [6.45, 7) is 14.7. The maximum Gasteiger partial charge on any atom is 0.00388 e. The van der Waals surface area contributed by atoms with Crippen molar-refractivity contribution < 1.29 is 0 Å². The number of nitrogens with zero attached hydrogens (tertiary/aromatic N) is 2. The molecular formula is C13H26N2. The van der Waals surface area contributed by atoms with Crippen LogP contribution in [0, 0.1) is 11.8 Å². The van der Waals surface area contributed by atoms with Gasteiger partial charge in [0.2, 0.25) is 0 Å². The summed E-state index contributed by atoms with van der Waals surface area (Å²) in [5, 5.41) is 0. The fourth-order valence-electron chi connectivity index (χ4n) is 2.94. The van der Waals surface area contributed by atoms with E-state index in [1.807, 2.05) is 0 Å². The Morgan fingerprint density at radius 2 is 1.33 bits per heavy atom. The van der Waals surface area contributed by atoms with Crippen molar-refractivity contribution in [2.75, 3.05) is 26.2 Å². The molecule has 0 aromatic carbocycles. The summed E-state index contributed by atoms with van der Waals surface area (Å²) >= 11 is 0. The van der Waals surface area contributed by atoms with Gasteiger partial charge in [0.1, 0.15) is 0 Å². The Kier molecular flexibility index (Phi) is 3.36. The zero-order valence-corrected chi connectivity index (χ0v) is 10.7. The molecule has 2 rings (SSSR count). The van der Waals surface area contributed by atoms with Crippen molar-refractivity contribution in [1.29, 1.82) is 0 Å². The van der Waals surface area contributed by atoms with E-state index < -0.39 is 0 Å². The molecule has 1 atom stereocenters. The normalized spacial score (nSPS) is 30.4. The van der Waals surface area contributed by atoms with Crippen LogP contribution in [0.5, 0.6) is 0 Å². The molecule has 88 valence electrons. The lowest BCUT2D eigenvalue weighted by molar-refractivity contribution is 0.0325. The minimum absolute atomic E-state index is 0.747. The van der Waals surface area contributed by atoms with Gasteiger partial charge in [-0.1, -0.05) is 0 Å². The minimum atomic E-state index is 0.747. The first-order valence-electron chi connectivity index (χ1n) is 6.56. The largest absolute Gasteiger partial charge is 0.301 e. The third-order valence-corrected chi connectivity index (χ3v) is 4.32. The molecule has 0 bridgehead atoms.